The van der Waals surface area contributed by atoms with E-state index in [4.69, 9.17) is 5.11 Å². The number of nitrogens with one attached hydrogen (secondary N) is 1. The third-order valence-corrected chi connectivity index (χ3v) is 4.42. The Bertz CT molecular complexity index is 654. The molecule has 3 atom stereocenters. The standard InChI is InChI=1S/C19H24FNO4/c1-11(2)9-15(18(23)19(24)25)17(22)16-10-13(7-8-21-16)12-3-5-14(20)6-4-12/h3-7,11,15-16,18,21,23H,8-10H2,1-2H3,(H,24,25)/t15-,16?,18-/m1/s1. The van der Waals surface area contributed by atoms with Gasteiger partial charge in [0.25, 0.3) is 0 Å². The van der Waals surface area contributed by atoms with Gasteiger partial charge in [0.05, 0.1) is 12.0 Å². The average molecular weight is 349 g/mol. The Kier molecular flexibility index (Phi) is 6.45. The van der Waals surface area contributed by atoms with Crippen LogP contribution in [0.1, 0.15) is 32.3 Å². The number of benzene rings is 1. The first-order valence-corrected chi connectivity index (χ1v) is 8.42. The number of Topliss-reactive ketones (excluding diaryl/α,β-unsaturated/α-hetero) is 1. The topological polar surface area (TPSA) is 86.6 Å². The van der Waals surface area contributed by atoms with Crippen LogP contribution >= 0.6 is 0 Å². The van der Waals surface area contributed by atoms with Gasteiger partial charge in [-0.1, -0.05) is 32.1 Å². The molecule has 1 aliphatic heterocycles. The van der Waals surface area contributed by atoms with E-state index in [1.807, 2.05) is 19.9 Å². The molecule has 25 heavy (non-hydrogen) atoms. The average Bonchev–Trinajstić information content (AvgIpc) is 2.59. The number of halogens is 1. The Labute approximate surface area is 146 Å². The molecule has 5 nitrogen and oxygen atoms in total. The maximum atomic E-state index is 13.1. The molecule has 1 aliphatic rings. The van der Waals surface area contributed by atoms with Crippen LogP contribution in [0.3, 0.4) is 0 Å². The summed E-state index contributed by atoms with van der Waals surface area (Å²) in [6, 6.07) is 5.48. The number of aliphatic hydroxyl groups excluding tert-OH is 1. The lowest BCUT2D eigenvalue weighted by atomic mass is 9.82. The molecular weight excluding hydrogens is 325 g/mol. The zero-order valence-electron chi connectivity index (χ0n) is 14.4. The molecule has 0 fully saturated rings. The van der Waals surface area contributed by atoms with Crippen molar-refractivity contribution in [1.29, 1.82) is 0 Å². The summed E-state index contributed by atoms with van der Waals surface area (Å²) < 4.78 is 13.1. The zero-order chi connectivity index (χ0) is 18.6. The number of carboxylic acid groups (broad SMARTS) is 1. The minimum atomic E-state index is -1.71. The van der Waals surface area contributed by atoms with Crippen LogP contribution in [-0.4, -0.2) is 40.7 Å². The predicted molar refractivity (Wildman–Crippen MR) is 92.4 cm³/mol. The van der Waals surface area contributed by atoms with Crippen LogP contribution in [0.5, 0.6) is 0 Å². The molecule has 6 heteroatoms. The molecule has 0 saturated carbocycles. The number of rotatable bonds is 7. The fourth-order valence-corrected chi connectivity index (χ4v) is 3.14. The van der Waals surface area contributed by atoms with E-state index in [1.54, 1.807) is 12.1 Å². The highest BCUT2D eigenvalue weighted by Crippen LogP contribution is 2.27. The number of carboxylic acids is 1. The molecular formula is C19H24FNO4. The normalized spacial score (nSPS) is 20.0. The first-order valence-electron chi connectivity index (χ1n) is 8.42. The molecule has 1 unspecified atom stereocenters. The Hall–Kier alpha value is -2.05. The summed E-state index contributed by atoms with van der Waals surface area (Å²) in [7, 11) is 0. The fourth-order valence-electron chi connectivity index (χ4n) is 3.14. The van der Waals surface area contributed by atoms with Gasteiger partial charge >= 0.3 is 5.97 Å². The van der Waals surface area contributed by atoms with Crippen LogP contribution in [0, 0.1) is 17.7 Å². The lowest BCUT2D eigenvalue weighted by Gasteiger charge is -2.29. The molecule has 3 N–H and O–H groups in total. The molecule has 2 rings (SSSR count). The van der Waals surface area contributed by atoms with Gasteiger partial charge in [-0.3, -0.25) is 4.79 Å². The first kappa shape index (κ1) is 19.3. The van der Waals surface area contributed by atoms with Crippen LogP contribution in [0.15, 0.2) is 30.3 Å². The van der Waals surface area contributed by atoms with E-state index in [9.17, 15) is 19.1 Å². The van der Waals surface area contributed by atoms with Crippen molar-refractivity contribution in [2.24, 2.45) is 11.8 Å². The lowest BCUT2D eigenvalue weighted by molar-refractivity contribution is -0.153. The molecule has 0 radical (unpaired) electrons. The maximum Gasteiger partial charge on any atom is 0.333 e. The van der Waals surface area contributed by atoms with Crippen molar-refractivity contribution in [3.8, 4) is 0 Å². The van der Waals surface area contributed by atoms with Gasteiger partial charge in [-0.2, -0.15) is 0 Å². The number of aliphatic carboxylic acids is 1. The van der Waals surface area contributed by atoms with Crippen molar-refractivity contribution in [3.63, 3.8) is 0 Å². The van der Waals surface area contributed by atoms with E-state index < -0.39 is 24.0 Å². The highest BCUT2D eigenvalue weighted by Gasteiger charge is 2.37. The van der Waals surface area contributed by atoms with Crippen LogP contribution in [0.2, 0.25) is 0 Å². The van der Waals surface area contributed by atoms with Gasteiger partial charge in [0.15, 0.2) is 11.9 Å². The van der Waals surface area contributed by atoms with Crippen LogP contribution in [0.25, 0.3) is 5.57 Å². The molecule has 0 aliphatic carbocycles. The van der Waals surface area contributed by atoms with E-state index in [0.717, 1.165) is 11.1 Å². The minimum Gasteiger partial charge on any atom is -0.479 e. The third kappa shape index (κ3) is 4.96. The molecule has 0 saturated heterocycles. The number of carbonyl (C=O) groups excluding carboxylic acids is 1. The largest absolute Gasteiger partial charge is 0.479 e. The van der Waals surface area contributed by atoms with Gasteiger partial charge in [-0.25, -0.2) is 9.18 Å². The third-order valence-electron chi connectivity index (χ3n) is 4.42. The zero-order valence-corrected chi connectivity index (χ0v) is 14.4. The summed E-state index contributed by atoms with van der Waals surface area (Å²) in [5.74, 6) is -2.88. The highest BCUT2D eigenvalue weighted by molar-refractivity contribution is 5.92. The molecule has 1 aromatic carbocycles. The molecule has 0 amide bonds. The fraction of sp³-hybridized carbons (Fsp3) is 0.474. The number of ketones is 1. The quantitative estimate of drug-likeness (QED) is 0.703. The second-order valence-corrected chi connectivity index (χ2v) is 6.82. The molecule has 1 aromatic rings. The van der Waals surface area contributed by atoms with Crippen molar-refractivity contribution in [3.05, 3.63) is 41.7 Å². The second-order valence-electron chi connectivity index (χ2n) is 6.82. The highest BCUT2D eigenvalue weighted by atomic mass is 19.1. The number of aliphatic hydroxyl groups is 1. The van der Waals surface area contributed by atoms with Crippen LogP contribution < -0.4 is 5.32 Å². The van der Waals surface area contributed by atoms with Crippen molar-refractivity contribution in [2.75, 3.05) is 6.54 Å². The summed E-state index contributed by atoms with van der Waals surface area (Å²) in [6.45, 7) is 4.22. The summed E-state index contributed by atoms with van der Waals surface area (Å²) in [5.41, 5.74) is 1.74. The monoisotopic (exact) mass is 349 g/mol. The van der Waals surface area contributed by atoms with Crippen molar-refractivity contribution in [1.82, 2.24) is 5.32 Å². The summed E-state index contributed by atoms with van der Waals surface area (Å²) in [4.78, 5) is 24.0. The smallest absolute Gasteiger partial charge is 0.333 e. The van der Waals surface area contributed by atoms with Crippen LogP contribution in [0.4, 0.5) is 4.39 Å². The Balaban J connectivity index is 2.16. The summed E-state index contributed by atoms with van der Waals surface area (Å²) >= 11 is 0. The molecule has 0 bridgehead atoms. The van der Waals surface area contributed by atoms with Gasteiger partial charge in [0.2, 0.25) is 0 Å². The maximum absolute atomic E-state index is 13.1. The number of hydrogen-bond acceptors (Lipinski definition) is 4. The second kappa shape index (κ2) is 8.36. The van der Waals surface area contributed by atoms with Crippen LogP contribution in [-0.2, 0) is 9.59 Å². The number of hydrogen-bond donors (Lipinski definition) is 3. The summed E-state index contributed by atoms with van der Waals surface area (Å²) in [5, 5.41) is 22.1. The van der Waals surface area contributed by atoms with Crippen molar-refractivity contribution < 1.29 is 24.2 Å². The van der Waals surface area contributed by atoms with Gasteiger partial charge < -0.3 is 15.5 Å². The molecule has 0 aromatic heterocycles. The molecule has 1 heterocycles. The van der Waals surface area contributed by atoms with Gasteiger partial charge in [-0.05, 0) is 42.0 Å². The molecule has 0 spiro atoms. The van der Waals surface area contributed by atoms with Gasteiger partial charge in [-0.15, -0.1) is 0 Å². The summed E-state index contributed by atoms with van der Waals surface area (Å²) in [6.07, 6.45) is 0.907. The van der Waals surface area contributed by atoms with E-state index in [0.29, 0.717) is 19.4 Å². The Morgan fingerprint density at radius 1 is 1.28 bits per heavy atom. The minimum absolute atomic E-state index is 0.0821. The Morgan fingerprint density at radius 2 is 1.92 bits per heavy atom. The number of carbonyl (C=O) groups is 2. The molecule has 136 valence electrons. The first-order chi connectivity index (χ1) is 11.8. The van der Waals surface area contributed by atoms with Gasteiger partial charge in [0, 0.05) is 6.54 Å². The SMILES string of the molecule is CC(C)C[C@H](C(=O)C1CC(c2ccc(F)cc2)=CCN1)[C@@H](O)C(=O)O. The van der Waals surface area contributed by atoms with E-state index in [1.165, 1.54) is 12.1 Å². The van der Waals surface area contributed by atoms with Crippen molar-refractivity contribution >= 4 is 17.3 Å². The predicted octanol–water partition coefficient (Wildman–Crippen LogP) is 2.25. The van der Waals surface area contributed by atoms with E-state index in [2.05, 4.69) is 5.32 Å². The van der Waals surface area contributed by atoms with E-state index >= 15 is 0 Å². The van der Waals surface area contributed by atoms with Gasteiger partial charge in [0.1, 0.15) is 5.82 Å². The van der Waals surface area contributed by atoms with Crippen molar-refractivity contribution in [2.45, 2.75) is 38.8 Å². The Morgan fingerprint density at radius 3 is 2.48 bits per heavy atom. The lowest BCUT2D eigenvalue weighted by Crippen LogP contribution is -2.47. The van der Waals surface area contributed by atoms with E-state index in [-0.39, 0.29) is 17.5 Å².